The fraction of sp³-hybridized carbons (Fsp3) is 0.273. The molecule has 1 N–H and O–H groups in total. The van der Waals surface area contributed by atoms with Crippen LogP contribution in [0.3, 0.4) is 0 Å². The fourth-order valence-corrected chi connectivity index (χ4v) is 1.88. The van der Waals surface area contributed by atoms with Crippen LogP contribution in [0.15, 0.2) is 30.5 Å². The third-order valence-electron chi connectivity index (χ3n) is 2.53. The van der Waals surface area contributed by atoms with Gasteiger partial charge in [0.05, 0.1) is 0 Å². The van der Waals surface area contributed by atoms with Crippen molar-refractivity contribution in [2.45, 2.75) is 11.5 Å². The molecule has 0 spiro atoms. The molecule has 0 bridgehead atoms. The number of rotatable bonds is 2. The zero-order valence-corrected chi connectivity index (χ0v) is 9.25. The van der Waals surface area contributed by atoms with E-state index in [-0.39, 0.29) is 5.56 Å². The van der Waals surface area contributed by atoms with Gasteiger partial charge in [0.25, 0.3) is 0 Å². The Morgan fingerprint density at radius 3 is 2.62 bits per heavy atom. The molecular formula is C11H10ClF2NO. The lowest BCUT2D eigenvalue weighted by molar-refractivity contribution is -0.0417. The van der Waals surface area contributed by atoms with Crippen LogP contribution in [-0.2, 0) is 7.05 Å². The smallest absolute Gasteiger partial charge is 0.351 e. The van der Waals surface area contributed by atoms with Gasteiger partial charge in [-0.05, 0) is 17.7 Å². The van der Waals surface area contributed by atoms with Gasteiger partial charge in [-0.15, -0.1) is 0 Å². The standard InChI is InChI=1S/C11H10ClF2NO/c1-15-6-8(10(16)11(12,13)14)7-4-2-3-5-9(7)15/h2-6,10,16H,1H3. The summed E-state index contributed by atoms with van der Waals surface area (Å²) in [6.45, 7) is 0. The molecule has 0 amide bonds. The Bertz CT molecular complexity index is 518. The first-order valence-corrected chi connectivity index (χ1v) is 5.08. The molecule has 16 heavy (non-hydrogen) atoms. The minimum absolute atomic E-state index is 0.137. The molecule has 0 radical (unpaired) electrons. The first-order chi connectivity index (χ1) is 7.41. The molecular weight excluding hydrogens is 236 g/mol. The van der Waals surface area contributed by atoms with E-state index in [1.165, 1.54) is 6.20 Å². The molecule has 2 rings (SSSR count). The molecule has 2 aromatic rings. The van der Waals surface area contributed by atoms with Gasteiger partial charge in [0, 0.05) is 29.7 Å². The summed E-state index contributed by atoms with van der Waals surface area (Å²) < 4.78 is 27.4. The van der Waals surface area contributed by atoms with Gasteiger partial charge in [-0.1, -0.05) is 18.2 Å². The molecule has 0 fully saturated rings. The molecule has 86 valence electrons. The topological polar surface area (TPSA) is 25.2 Å². The second-order valence-corrected chi connectivity index (χ2v) is 4.16. The van der Waals surface area contributed by atoms with Crippen LogP contribution in [0.25, 0.3) is 10.9 Å². The van der Waals surface area contributed by atoms with Crippen LogP contribution >= 0.6 is 11.6 Å². The fourth-order valence-electron chi connectivity index (χ4n) is 1.77. The zero-order valence-electron chi connectivity index (χ0n) is 8.49. The summed E-state index contributed by atoms with van der Waals surface area (Å²) in [6, 6.07) is 7.00. The molecule has 0 aliphatic rings. The lowest BCUT2D eigenvalue weighted by atomic mass is 10.1. The molecule has 0 saturated carbocycles. The minimum atomic E-state index is -3.66. The second kappa shape index (κ2) is 3.71. The van der Waals surface area contributed by atoms with Gasteiger partial charge in [0.2, 0.25) is 0 Å². The van der Waals surface area contributed by atoms with Crippen LogP contribution in [0.5, 0.6) is 0 Å². The van der Waals surface area contributed by atoms with Crippen molar-refractivity contribution in [3.63, 3.8) is 0 Å². The van der Waals surface area contributed by atoms with E-state index in [1.54, 1.807) is 35.9 Å². The van der Waals surface area contributed by atoms with Crippen LogP contribution in [-0.4, -0.2) is 15.1 Å². The normalized spacial score (nSPS) is 14.3. The average molecular weight is 246 g/mol. The van der Waals surface area contributed by atoms with E-state index < -0.39 is 11.5 Å². The maximum absolute atomic E-state index is 12.8. The molecule has 1 unspecified atom stereocenters. The Kier molecular flexibility index (Phi) is 2.64. The summed E-state index contributed by atoms with van der Waals surface area (Å²) in [5, 5.41) is 6.39. The van der Waals surface area contributed by atoms with E-state index in [2.05, 4.69) is 0 Å². The van der Waals surface area contributed by atoms with Crippen molar-refractivity contribution in [2.24, 2.45) is 7.05 Å². The number of aryl methyl sites for hydroxylation is 1. The number of aromatic nitrogens is 1. The SMILES string of the molecule is Cn1cc(C(O)C(F)(F)Cl)c2ccccc21. The van der Waals surface area contributed by atoms with Gasteiger partial charge < -0.3 is 9.67 Å². The van der Waals surface area contributed by atoms with Gasteiger partial charge in [0.15, 0.2) is 6.10 Å². The summed E-state index contributed by atoms with van der Waals surface area (Å²) in [7, 11) is 1.73. The number of benzene rings is 1. The number of aliphatic hydroxyl groups is 1. The van der Waals surface area contributed by atoms with Crippen molar-refractivity contribution >= 4 is 22.5 Å². The molecule has 0 saturated heterocycles. The summed E-state index contributed by atoms with van der Waals surface area (Å²) >= 11 is 4.84. The van der Waals surface area contributed by atoms with Crippen LogP contribution in [0, 0.1) is 0 Å². The lowest BCUT2D eigenvalue weighted by Crippen LogP contribution is -2.18. The van der Waals surface area contributed by atoms with Crippen molar-refractivity contribution in [3.05, 3.63) is 36.0 Å². The first kappa shape index (κ1) is 11.4. The van der Waals surface area contributed by atoms with E-state index in [0.717, 1.165) is 5.52 Å². The van der Waals surface area contributed by atoms with Crippen molar-refractivity contribution in [3.8, 4) is 0 Å². The van der Waals surface area contributed by atoms with Gasteiger partial charge in [-0.25, -0.2) is 0 Å². The number of aliphatic hydroxyl groups excluding tert-OH is 1. The monoisotopic (exact) mass is 245 g/mol. The van der Waals surface area contributed by atoms with Crippen molar-refractivity contribution in [1.82, 2.24) is 4.57 Å². The van der Waals surface area contributed by atoms with E-state index in [9.17, 15) is 13.9 Å². The lowest BCUT2D eigenvalue weighted by Gasteiger charge is -2.14. The quantitative estimate of drug-likeness (QED) is 0.809. The summed E-state index contributed by atoms with van der Waals surface area (Å²) in [5.41, 5.74) is 0.913. The number of alkyl halides is 3. The predicted molar refractivity (Wildman–Crippen MR) is 58.7 cm³/mol. The van der Waals surface area contributed by atoms with Gasteiger partial charge in [0.1, 0.15) is 0 Å². The van der Waals surface area contributed by atoms with E-state index in [4.69, 9.17) is 11.6 Å². The Balaban J connectivity index is 2.62. The number of para-hydroxylation sites is 1. The van der Waals surface area contributed by atoms with Crippen LogP contribution in [0.1, 0.15) is 11.7 Å². The number of nitrogens with zero attached hydrogens (tertiary/aromatic N) is 1. The maximum Gasteiger partial charge on any atom is 0.351 e. The molecule has 1 aromatic heterocycles. The highest BCUT2D eigenvalue weighted by molar-refractivity contribution is 6.22. The van der Waals surface area contributed by atoms with Crippen molar-refractivity contribution in [1.29, 1.82) is 0 Å². The highest BCUT2D eigenvalue weighted by Gasteiger charge is 2.38. The number of hydrogen-bond donors (Lipinski definition) is 1. The minimum Gasteiger partial charge on any atom is -0.381 e. The largest absolute Gasteiger partial charge is 0.381 e. The summed E-state index contributed by atoms with van der Waals surface area (Å²) in [5.74, 6) is 0. The van der Waals surface area contributed by atoms with Crippen molar-refractivity contribution in [2.75, 3.05) is 0 Å². The Hall–Kier alpha value is -1.13. The molecule has 0 aliphatic carbocycles. The predicted octanol–water partition coefficient (Wildman–Crippen LogP) is 3.04. The van der Waals surface area contributed by atoms with Crippen LogP contribution < -0.4 is 0 Å². The Labute approximate surface area is 96.1 Å². The molecule has 1 heterocycles. The molecule has 1 atom stereocenters. The average Bonchev–Trinajstić information content (AvgIpc) is 2.55. The second-order valence-electron chi connectivity index (χ2n) is 3.66. The highest BCUT2D eigenvalue weighted by atomic mass is 35.5. The van der Waals surface area contributed by atoms with Gasteiger partial charge >= 0.3 is 5.38 Å². The zero-order chi connectivity index (χ0) is 11.9. The van der Waals surface area contributed by atoms with Crippen LogP contribution in [0.2, 0.25) is 0 Å². The number of fused-ring (bicyclic) bond motifs is 1. The molecule has 5 heteroatoms. The third kappa shape index (κ3) is 1.79. The maximum atomic E-state index is 12.8. The van der Waals surface area contributed by atoms with E-state index in [1.807, 2.05) is 0 Å². The van der Waals surface area contributed by atoms with Gasteiger partial charge in [-0.3, -0.25) is 0 Å². The van der Waals surface area contributed by atoms with Crippen molar-refractivity contribution < 1.29 is 13.9 Å². The summed E-state index contributed by atoms with van der Waals surface area (Å²) in [6.07, 6.45) is -0.536. The number of hydrogen-bond acceptors (Lipinski definition) is 1. The first-order valence-electron chi connectivity index (χ1n) is 4.70. The van der Waals surface area contributed by atoms with Gasteiger partial charge in [-0.2, -0.15) is 8.78 Å². The molecule has 2 nitrogen and oxygen atoms in total. The van der Waals surface area contributed by atoms with E-state index >= 15 is 0 Å². The highest BCUT2D eigenvalue weighted by Crippen LogP contribution is 2.38. The Morgan fingerprint density at radius 2 is 2.00 bits per heavy atom. The summed E-state index contributed by atoms with van der Waals surface area (Å²) in [4.78, 5) is 0. The molecule has 0 aliphatic heterocycles. The Morgan fingerprint density at radius 1 is 1.38 bits per heavy atom. The van der Waals surface area contributed by atoms with E-state index in [0.29, 0.717) is 5.39 Å². The third-order valence-corrected chi connectivity index (χ3v) is 2.74. The van der Waals surface area contributed by atoms with Crippen LogP contribution in [0.4, 0.5) is 8.78 Å². The number of halogens is 3. The molecule has 1 aromatic carbocycles.